The Morgan fingerprint density at radius 2 is 1.78 bits per heavy atom. The molecule has 1 fully saturated rings. The molecular weight excluding hydrogens is 364 g/mol. The van der Waals surface area contributed by atoms with Crippen LogP contribution in [-0.4, -0.2) is 31.8 Å². The highest BCUT2D eigenvalue weighted by atomic mass is 32.2. The van der Waals surface area contributed by atoms with Gasteiger partial charge in [0, 0.05) is 22.6 Å². The summed E-state index contributed by atoms with van der Waals surface area (Å²) in [5.74, 6) is 1.61. The van der Waals surface area contributed by atoms with Crippen molar-refractivity contribution in [2.24, 2.45) is 5.92 Å². The maximum absolute atomic E-state index is 12.2. The van der Waals surface area contributed by atoms with Crippen LogP contribution < -0.4 is 20.1 Å². The van der Waals surface area contributed by atoms with Crippen molar-refractivity contribution in [3.8, 4) is 11.5 Å². The molecule has 0 saturated heterocycles. The van der Waals surface area contributed by atoms with Crippen molar-refractivity contribution in [1.29, 1.82) is 0 Å². The fourth-order valence-corrected chi connectivity index (χ4v) is 3.16. The summed E-state index contributed by atoms with van der Waals surface area (Å²) in [6.07, 6.45) is 1.96. The van der Waals surface area contributed by atoms with E-state index in [1.54, 1.807) is 32.4 Å². The summed E-state index contributed by atoms with van der Waals surface area (Å²) in [6, 6.07) is 12.7. The van der Waals surface area contributed by atoms with Crippen LogP contribution in [0.25, 0.3) is 0 Å². The van der Waals surface area contributed by atoms with Crippen LogP contribution in [0.15, 0.2) is 47.4 Å². The predicted molar refractivity (Wildman–Crippen MR) is 107 cm³/mol. The first kappa shape index (κ1) is 19.1. The van der Waals surface area contributed by atoms with Gasteiger partial charge in [-0.3, -0.25) is 9.59 Å². The Morgan fingerprint density at radius 3 is 2.41 bits per heavy atom. The molecule has 0 bridgehead atoms. The highest BCUT2D eigenvalue weighted by molar-refractivity contribution is 8.00. The minimum absolute atomic E-state index is 0.0863. The lowest BCUT2D eigenvalue weighted by atomic mass is 10.2. The summed E-state index contributed by atoms with van der Waals surface area (Å²) < 4.78 is 10.4. The average Bonchev–Trinajstić information content (AvgIpc) is 3.53. The van der Waals surface area contributed by atoms with Crippen LogP contribution in [0.5, 0.6) is 11.5 Å². The number of ether oxygens (including phenoxy) is 2. The van der Waals surface area contributed by atoms with Gasteiger partial charge in [0.2, 0.25) is 11.8 Å². The van der Waals surface area contributed by atoms with Gasteiger partial charge in [0.05, 0.1) is 25.7 Å². The fraction of sp³-hybridized carbons (Fsp3) is 0.300. The summed E-state index contributed by atoms with van der Waals surface area (Å²) in [5, 5.41) is 5.74. The molecule has 2 aromatic rings. The number of hydrogen-bond donors (Lipinski definition) is 2. The Hall–Kier alpha value is -2.67. The molecule has 0 unspecified atom stereocenters. The van der Waals surface area contributed by atoms with Gasteiger partial charge < -0.3 is 20.1 Å². The van der Waals surface area contributed by atoms with Gasteiger partial charge in [0.1, 0.15) is 11.5 Å². The van der Waals surface area contributed by atoms with Gasteiger partial charge in [-0.15, -0.1) is 11.8 Å². The SMILES string of the molecule is COc1ccc(NC(=O)CSc2ccc(NC(=O)C3CC3)cc2)c(OC)c1. The van der Waals surface area contributed by atoms with E-state index in [0.717, 1.165) is 23.4 Å². The van der Waals surface area contributed by atoms with Crippen molar-refractivity contribution in [2.45, 2.75) is 17.7 Å². The molecule has 0 radical (unpaired) electrons. The molecule has 0 aliphatic heterocycles. The molecule has 6 nitrogen and oxygen atoms in total. The summed E-state index contributed by atoms with van der Waals surface area (Å²) >= 11 is 1.42. The van der Waals surface area contributed by atoms with E-state index < -0.39 is 0 Å². The second-order valence-corrected chi connectivity index (χ2v) is 7.24. The molecule has 0 atom stereocenters. The standard InChI is InChI=1S/C20H22N2O4S/c1-25-15-7-10-17(18(11-15)26-2)22-19(23)12-27-16-8-5-14(6-9-16)21-20(24)13-3-4-13/h5-11,13H,3-4,12H2,1-2H3,(H,21,24)(H,22,23). The number of rotatable bonds is 8. The van der Waals surface area contributed by atoms with Crippen molar-refractivity contribution < 1.29 is 19.1 Å². The lowest BCUT2D eigenvalue weighted by molar-refractivity contribution is -0.117. The van der Waals surface area contributed by atoms with Crippen LogP contribution in [0.2, 0.25) is 0 Å². The number of methoxy groups -OCH3 is 2. The molecule has 27 heavy (non-hydrogen) atoms. The van der Waals surface area contributed by atoms with Crippen molar-refractivity contribution in [3.05, 3.63) is 42.5 Å². The van der Waals surface area contributed by atoms with Crippen molar-refractivity contribution >= 4 is 35.0 Å². The van der Waals surface area contributed by atoms with E-state index in [9.17, 15) is 9.59 Å². The number of amides is 2. The highest BCUT2D eigenvalue weighted by Crippen LogP contribution is 2.31. The Balaban J connectivity index is 1.50. The Kier molecular flexibility index (Phi) is 6.24. The van der Waals surface area contributed by atoms with Gasteiger partial charge in [-0.25, -0.2) is 0 Å². The molecule has 2 amide bonds. The number of carbonyl (C=O) groups is 2. The lowest BCUT2D eigenvalue weighted by Crippen LogP contribution is -2.14. The summed E-state index contributed by atoms with van der Waals surface area (Å²) in [7, 11) is 3.12. The minimum Gasteiger partial charge on any atom is -0.497 e. The first-order valence-corrected chi connectivity index (χ1v) is 9.63. The summed E-state index contributed by atoms with van der Waals surface area (Å²) in [6.45, 7) is 0. The number of benzene rings is 2. The van der Waals surface area contributed by atoms with Crippen LogP contribution in [-0.2, 0) is 9.59 Å². The number of thioether (sulfide) groups is 1. The maximum atomic E-state index is 12.2. The highest BCUT2D eigenvalue weighted by Gasteiger charge is 2.29. The van der Waals surface area contributed by atoms with E-state index in [-0.39, 0.29) is 23.5 Å². The molecule has 1 aliphatic rings. The largest absolute Gasteiger partial charge is 0.497 e. The van der Waals surface area contributed by atoms with Crippen LogP contribution in [0, 0.1) is 5.92 Å². The molecule has 3 rings (SSSR count). The van der Waals surface area contributed by atoms with Crippen molar-refractivity contribution in [1.82, 2.24) is 0 Å². The van der Waals surface area contributed by atoms with Crippen LogP contribution in [0.3, 0.4) is 0 Å². The zero-order valence-electron chi connectivity index (χ0n) is 15.3. The van der Waals surface area contributed by atoms with Gasteiger partial charge in [-0.1, -0.05) is 0 Å². The average molecular weight is 386 g/mol. The molecule has 142 valence electrons. The van der Waals surface area contributed by atoms with Gasteiger partial charge in [-0.05, 0) is 49.2 Å². The molecule has 0 spiro atoms. The number of anilines is 2. The van der Waals surface area contributed by atoms with Crippen molar-refractivity contribution in [2.75, 3.05) is 30.6 Å². The maximum Gasteiger partial charge on any atom is 0.234 e. The topological polar surface area (TPSA) is 76.7 Å². The van der Waals surface area contributed by atoms with Crippen molar-refractivity contribution in [3.63, 3.8) is 0 Å². The quantitative estimate of drug-likeness (QED) is 0.675. The van der Waals surface area contributed by atoms with E-state index in [1.165, 1.54) is 11.8 Å². The third kappa shape index (κ3) is 5.40. The zero-order valence-corrected chi connectivity index (χ0v) is 16.1. The van der Waals surface area contributed by atoms with Gasteiger partial charge in [0.25, 0.3) is 0 Å². The zero-order chi connectivity index (χ0) is 19.2. The molecule has 1 aliphatic carbocycles. The van der Waals surface area contributed by atoms with Crippen LogP contribution in [0.4, 0.5) is 11.4 Å². The Morgan fingerprint density at radius 1 is 1.04 bits per heavy atom. The van der Waals surface area contributed by atoms with E-state index in [1.807, 2.05) is 24.3 Å². The summed E-state index contributed by atoms with van der Waals surface area (Å²) in [4.78, 5) is 24.9. The number of nitrogens with one attached hydrogen (secondary N) is 2. The van der Waals surface area contributed by atoms with E-state index in [0.29, 0.717) is 17.2 Å². The summed E-state index contributed by atoms with van der Waals surface area (Å²) in [5.41, 5.74) is 1.38. The first-order valence-electron chi connectivity index (χ1n) is 8.64. The van der Waals surface area contributed by atoms with E-state index >= 15 is 0 Å². The van der Waals surface area contributed by atoms with E-state index in [4.69, 9.17) is 9.47 Å². The molecule has 0 aromatic heterocycles. The van der Waals surface area contributed by atoms with Crippen LogP contribution >= 0.6 is 11.8 Å². The first-order chi connectivity index (χ1) is 13.1. The Bertz CT molecular complexity index is 819. The van der Waals surface area contributed by atoms with Gasteiger partial charge in [0.15, 0.2) is 0 Å². The van der Waals surface area contributed by atoms with Gasteiger partial charge in [-0.2, -0.15) is 0 Å². The molecule has 7 heteroatoms. The van der Waals surface area contributed by atoms with E-state index in [2.05, 4.69) is 10.6 Å². The lowest BCUT2D eigenvalue weighted by Gasteiger charge is -2.11. The second kappa shape index (κ2) is 8.81. The molecular formula is C20H22N2O4S. The predicted octanol–water partition coefficient (Wildman–Crippen LogP) is 3.78. The second-order valence-electron chi connectivity index (χ2n) is 6.19. The van der Waals surface area contributed by atoms with Crippen LogP contribution in [0.1, 0.15) is 12.8 Å². The molecule has 2 aromatic carbocycles. The Labute approximate surface area is 162 Å². The monoisotopic (exact) mass is 386 g/mol. The molecule has 1 saturated carbocycles. The number of carbonyl (C=O) groups excluding carboxylic acids is 2. The third-order valence-corrected chi connectivity index (χ3v) is 5.13. The minimum atomic E-state index is -0.130. The normalized spacial score (nSPS) is 13.0. The fourth-order valence-electron chi connectivity index (χ4n) is 2.46. The smallest absolute Gasteiger partial charge is 0.234 e. The number of hydrogen-bond acceptors (Lipinski definition) is 5. The molecule has 0 heterocycles. The van der Waals surface area contributed by atoms with Gasteiger partial charge >= 0.3 is 0 Å². The third-order valence-electron chi connectivity index (χ3n) is 4.12. The molecule has 2 N–H and O–H groups in total.